The van der Waals surface area contributed by atoms with Gasteiger partial charge in [-0.2, -0.15) is 0 Å². The first-order chi connectivity index (χ1) is 26.0. The van der Waals surface area contributed by atoms with Gasteiger partial charge in [0.05, 0.1) is 50.1 Å². The summed E-state index contributed by atoms with van der Waals surface area (Å²) in [6.07, 6.45) is 8.86. The number of nitrogens with zero attached hydrogens (tertiary/aromatic N) is 6. The molecule has 0 aliphatic carbocycles. The number of nitrogens with one attached hydrogen (secondary N) is 4. The van der Waals surface area contributed by atoms with Crippen molar-refractivity contribution in [3.63, 3.8) is 0 Å². The maximum absolute atomic E-state index is 13.5. The number of carbonyl (C=O) groups excluding carboxylic acids is 4. The summed E-state index contributed by atoms with van der Waals surface area (Å²) < 4.78 is 9.48. The topological polar surface area (TPSA) is 200 Å². The summed E-state index contributed by atoms with van der Waals surface area (Å²) in [6.45, 7) is 8.70. The maximum Gasteiger partial charge on any atom is 0.407 e. The zero-order valence-corrected chi connectivity index (χ0v) is 31.5. The van der Waals surface area contributed by atoms with Crippen LogP contribution in [0.25, 0.3) is 33.9 Å². The Balaban J connectivity index is 0.00000580. The second-order valence-electron chi connectivity index (χ2n) is 14.3. The van der Waals surface area contributed by atoms with E-state index in [1.165, 1.54) is 14.2 Å². The van der Waals surface area contributed by atoms with Crippen LogP contribution in [-0.2, 0) is 19.1 Å². The highest BCUT2D eigenvalue weighted by Crippen LogP contribution is 2.34. The number of imidazole rings is 2. The molecule has 2 fully saturated rings. The Hall–Kier alpha value is -5.80. The lowest BCUT2D eigenvalue weighted by Gasteiger charge is -2.30. The van der Waals surface area contributed by atoms with Crippen LogP contribution in [-0.4, -0.2) is 103 Å². The Kier molecular flexibility index (Phi) is 12.9. The van der Waals surface area contributed by atoms with Gasteiger partial charge in [-0.25, -0.2) is 29.5 Å². The minimum atomic E-state index is -0.707. The minimum absolute atomic E-state index is 0. The number of carbonyl (C=O) groups is 4. The van der Waals surface area contributed by atoms with Crippen LogP contribution in [0.15, 0.2) is 49.1 Å². The van der Waals surface area contributed by atoms with Crippen molar-refractivity contribution in [2.24, 2.45) is 11.8 Å². The first kappa shape index (κ1) is 40.4. The molecule has 5 heterocycles. The van der Waals surface area contributed by atoms with E-state index in [1.807, 2.05) is 52.0 Å². The van der Waals surface area contributed by atoms with Gasteiger partial charge in [0.25, 0.3) is 0 Å². The highest BCUT2D eigenvalue weighted by atomic mass is 16.5. The van der Waals surface area contributed by atoms with Crippen molar-refractivity contribution in [2.45, 2.75) is 85.0 Å². The summed E-state index contributed by atoms with van der Waals surface area (Å²) in [5, 5.41) is 5.36. The van der Waals surface area contributed by atoms with Gasteiger partial charge in [-0.3, -0.25) is 9.59 Å². The molecule has 0 unspecified atom stereocenters. The second kappa shape index (κ2) is 17.6. The van der Waals surface area contributed by atoms with Crippen molar-refractivity contribution in [3.8, 4) is 33.9 Å². The number of alkyl carbamates (subject to hydrolysis) is 2. The Labute approximate surface area is 321 Å². The number of H-pyrrole nitrogens is 2. The first-order valence-electron chi connectivity index (χ1n) is 18.3. The van der Waals surface area contributed by atoms with E-state index in [-0.39, 0.29) is 43.2 Å². The lowest BCUT2D eigenvalue weighted by molar-refractivity contribution is -0.136. The number of rotatable bonds is 11. The van der Waals surface area contributed by atoms with E-state index in [0.717, 1.165) is 53.8 Å². The summed E-state index contributed by atoms with van der Waals surface area (Å²) >= 11 is 0. The molecular weight excluding hydrogens is 704 g/mol. The summed E-state index contributed by atoms with van der Waals surface area (Å²) in [7, 11) is 2.56. The molecule has 55 heavy (non-hydrogen) atoms. The van der Waals surface area contributed by atoms with Crippen molar-refractivity contribution in [3.05, 3.63) is 60.7 Å². The fourth-order valence-corrected chi connectivity index (χ4v) is 7.11. The molecule has 0 bridgehead atoms. The predicted octanol–water partition coefficient (Wildman–Crippen LogP) is 5.65. The third-order valence-electron chi connectivity index (χ3n) is 10.1. The zero-order valence-electron chi connectivity index (χ0n) is 31.5. The third kappa shape index (κ3) is 8.79. The molecule has 2 aliphatic rings. The SMILES string of the molecule is C.COC(=O)N[C@H](C(=O)N1CCC[C@H]1c1ncc(-c2ccc(-c3ncc(-c4cnc([C@@H]5CCCN5C(=O)[C@@H](NC(=O)OC)C(C)C)[nH]4)cn3)cc2)[nH]1)C(C)C. The van der Waals surface area contributed by atoms with Gasteiger partial charge in [-0.1, -0.05) is 59.4 Å². The van der Waals surface area contributed by atoms with E-state index in [0.29, 0.717) is 30.6 Å². The van der Waals surface area contributed by atoms with Gasteiger partial charge in [-0.15, -0.1) is 0 Å². The van der Waals surface area contributed by atoms with E-state index < -0.39 is 24.3 Å². The number of hydrogen-bond acceptors (Lipinski definition) is 10. The fraction of sp³-hybridized carbons (Fsp3) is 0.487. The van der Waals surface area contributed by atoms with Crippen molar-refractivity contribution in [1.29, 1.82) is 0 Å². The monoisotopic (exact) mass is 756 g/mol. The van der Waals surface area contributed by atoms with Crippen LogP contribution in [0.3, 0.4) is 0 Å². The lowest BCUT2D eigenvalue weighted by atomic mass is 10.0. The largest absolute Gasteiger partial charge is 0.453 e. The van der Waals surface area contributed by atoms with E-state index in [1.54, 1.807) is 34.6 Å². The molecule has 16 nitrogen and oxygen atoms in total. The summed E-state index contributed by atoms with van der Waals surface area (Å²) in [6, 6.07) is 5.95. The van der Waals surface area contributed by atoms with E-state index in [9.17, 15) is 19.2 Å². The molecule has 4 atom stereocenters. The summed E-state index contributed by atoms with van der Waals surface area (Å²) in [5.74, 6) is 1.37. The minimum Gasteiger partial charge on any atom is -0.453 e. The average Bonchev–Trinajstić information content (AvgIpc) is 4.02. The summed E-state index contributed by atoms with van der Waals surface area (Å²) in [4.78, 5) is 79.7. The van der Waals surface area contributed by atoms with Gasteiger partial charge in [0.2, 0.25) is 11.8 Å². The molecule has 1 aromatic carbocycles. The number of aromatic amines is 2. The second-order valence-corrected chi connectivity index (χ2v) is 14.3. The molecule has 6 rings (SSSR count). The van der Waals surface area contributed by atoms with Gasteiger partial charge in [0, 0.05) is 36.6 Å². The van der Waals surface area contributed by atoms with Gasteiger partial charge in [0.15, 0.2) is 5.82 Å². The molecule has 4 amide bonds. The Morgan fingerprint density at radius 3 is 1.49 bits per heavy atom. The van der Waals surface area contributed by atoms with Gasteiger partial charge in [-0.05, 0) is 43.1 Å². The van der Waals surface area contributed by atoms with Crippen LogP contribution in [0.5, 0.6) is 0 Å². The number of methoxy groups -OCH3 is 2. The molecule has 2 aliphatic heterocycles. The molecule has 0 saturated carbocycles. The Morgan fingerprint density at radius 2 is 1.07 bits per heavy atom. The normalized spacial score (nSPS) is 17.8. The van der Waals surface area contributed by atoms with Crippen LogP contribution in [0.4, 0.5) is 9.59 Å². The zero-order chi connectivity index (χ0) is 38.5. The van der Waals surface area contributed by atoms with Crippen LogP contribution in [0.1, 0.15) is 84.5 Å². The van der Waals surface area contributed by atoms with Crippen molar-refractivity contribution in [1.82, 2.24) is 50.3 Å². The number of amides is 4. The van der Waals surface area contributed by atoms with E-state index in [4.69, 9.17) is 9.47 Å². The lowest BCUT2D eigenvalue weighted by Crippen LogP contribution is -2.51. The van der Waals surface area contributed by atoms with Crippen molar-refractivity contribution < 1.29 is 28.7 Å². The predicted molar refractivity (Wildman–Crippen MR) is 205 cm³/mol. The van der Waals surface area contributed by atoms with Crippen LogP contribution < -0.4 is 10.6 Å². The Morgan fingerprint density at radius 1 is 0.655 bits per heavy atom. The van der Waals surface area contributed by atoms with Gasteiger partial charge in [0.1, 0.15) is 23.7 Å². The van der Waals surface area contributed by atoms with Crippen molar-refractivity contribution in [2.75, 3.05) is 27.3 Å². The van der Waals surface area contributed by atoms with E-state index >= 15 is 0 Å². The number of aromatic nitrogens is 6. The Bertz CT molecular complexity index is 1800. The molecule has 3 aromatic heterocycles. The quantitative estimate of drug-likeness (QED) is 0.148. The molecule has 2 saturated heterocycles. The third-order valence-corrected chi connectivity index (χ3v) is 10.1. The highest BCUT2D eigenvalue weighted by Gasteiger charge is 2.39. The highest BCUT2D eigenvalue weighted by molar-refractivity contribution is 5.87. The number of hydrogen-bond donors (Lipinski definition) is 4. The first-order valence-corrected chi connectivity index (χ1v) is 18.3. The van der Waals surface area contributed by atoms with Gasteiger partial charge >= 0.3 is 12.2 Å². The average molecular weight is 757 g/mol. The number of benzene rings is 1. The summed E-state index contributed by atoms with van der Waals surface area (Å²) in [5.41, 5.74) is 4.06. The maximum atomic E-state index is 13.5. The molecule has 0 radical (unpaired) electrons. The van der Waals surface area contributed by atoms with E-state index in [2.05, 4.69) is 40.5 Å². The van der Waals surface area contributed by atoms with Crippen molar-refractivity contribution >= 4 is 24.0 Å². The standard InChI is InChI=1S/C38H48N10O6.CH4/c1-21(2)30(45-37(51)53-5)35(49)47-15-7-9-28(47)33-41-19-26(43-33)23-11-13-24(14-12-23)32-39-17-25(18-40-32)27-20-42-34(44-27)29-10-8-16-48(29)36(50)31(22(3)4)46-38(52)54-6;/h11-14,17-22,28-31H,7-10,15-16H2,1-6H3,(H,41,43)(H,42,44)(H,45,51)(H,46,52);1H4/t28-,29-,30-,31-;/m0./s1. The fourth-order valence-electron chi connectivity index (χ4n) is 7.11. The molecule has 4 aromatic rings. The molecule has 0 spiro atoms. The number of ether oxygens (including phenoxy) is 2. The molecular formula is C39H52N10O6. The number of likely N-dealkylation sites (tertiary alicyclic amines) is 2. The molecule has 16 heteroatoms. The smallest absolute Gasteiger partial charge is 0.407 e. The molecule has 4 N–H and O–H groups in total. The van der Waals surface area contributed by atoms with Crippen LogP contribution >= 0.6 is 0 Å². The van der Waals surface area contributed by atoms with Crippen LogP contribution in [0.2, 0.25) is 0 Å². The van der Waals surface area contributed by atoms with Crippen LogP contribution in [0, 0.1) is 11.8 Å². The molecule has 294 valence electrons. The van der Waals surface area contributed by atoms with Gasteiger partial charge < -0.3 is 39.9 Å².